The summed E-state index contributed by atoms with van der Waals surface area (Å²) < 4.78 is 74.5. The first-order chi connectivity index (χ1) is 15.5. The van der Waals surface area contributed by atoms with Crippen LogP contribution in [-0.4, -0.2) is 18.5 Å². The van der Waals surface area contributed by atoms with Gasteiger partial charge in [-0.3, -0.25) is 4.98 Å². The Bertz CT molecular complexity index is 1490. The minimum atomic E-state index is -4.62. The molecular formula is C23H19F3N2O4S. The lowest BCUT2D eigenvalue weighted by Crippen LogP contribution is -2.28. The largest absolute Gasteiger partial charge is 0.457 e. The van der Waals surface area contributed by atoms with Crippen molar-refractivity contribution >= 4 is 31.9 Å². The molecule has 2 heterocycles. The first kappa shape index (κ1) is 21.9. The number of nitrogens with zero attached hydrogens (tertiary/aromatic N) is 1. The molecule has 1 unspecified atom stereocenters. The van der Waals surface area contributed by atoms with E-state index in [1.807, 2.05) is 0 Å². The Balaban J connectivity index is 1.53. The number of aliphatic hydroxyl groups excluding tert-OH is 1. The van der Waals surface area contributed by atoms with Gasteiger partial charge in [0.15, 0.2) is 6.23 Å². The van der Waals surface area contributed by atoms with Crippen LogP contribution in [-0.2, 0) is 16.2 Å². The van der Waals surface area contributed by atoms with Gasteiger partial charge in [0.1, 0.15) is 16.2 Å². The van der Waals surface area contributed by atoms with Gasteiger partial charge in [0.05, 0.1) is 11.1 Å². The molecule has 0 aliphatic heterocycles. The number of hydrogen-bond donors (Lipinski definition) is 2. The number of hydrogen-bond acceptors (Lipinski definition) is 5. The fraction of sp³-hybridized carbons (Fsp3) is 0.261. The van der Waals surface area contributed by atoms with Gasteiger partial charge in [0.25, 0.3) is 0 Å². The highest BCUT2D eigenvalue weighted by molar-refractivity contribution is 7.89. The Kier molecular flexibility index (Phi) is 5.00. The Hall–Kier alpha value is -2.95. The molecule has 5 rings (SSSR count). The fourth-order valence-corrected chi connectivity index (χ4v) is 5.12. The van der Waals surface area contributed by atoms with Crippen molar-refractivity contribution in [1.82, 2.24) is 9.71 Å². The quantitative estimate of drug-likeness (QED) is 0.389. The number of benzene rings is 2. The molecule has 0 bridgehead atoms. The zero-order valence-corrected chi connectivity index (χ0v) is 18.2. The molecule has 2 aromatic carbocycles. The molecule has 1 fully saturated rings. The Morgan fingerprint density at radius 2 is 1.91 bits per heavy atom. The number of pyridine rings is 1. The Morgan fingerprint density at radius 1 is 1.15 bits per heavy atom. The number of aryl methyl sites for hydroxylation is 1. The van der Waals surface area contributed by atoms with E-state index in [1.165, 1.54) is 18.2 Å². The maximum atomic E-state index is 13.6. The fourth-order valence-electron chi connectivity index (χ4n) is 3.90. The number of aliphatic hydroxyl groups is 1. The lowest BCUT2D eigenvalue weighted by molar-refractivity contribution is -0.136. The van der Waals surface area contributed by atoms with Crippen molar-refractivity contribution in [2.24, 2.45) is 0 Å². The van der Waals surface area contributed by atoms with Crippen LogP contribution in [0.2, 0.25) is 0 Å². The molecule has 1 saturated carbocycles. The molecule has 1 aliphatic rings. The summed E-state index contributed by atoms with van der Waals surface area (Å²) >= 11 is 0. The number of halogens is 3. The zero-order valence-electron chi connectivity index (χ0n) is 17.3. The Morgan fingerprint density at radius 3 is 2.61 bits per heavy atom. The summed E-state index contributed by atoms with van der Waals surface area (Å²) in [6, 6.07) is 11.7. The second-order valence-corrected chi connectivity index (χ2v) is 9.89. The second kappa shape index (κ2) is 7.54. The number of furan rings is 1. The molecular weight excluding hydrogens is 457 g/mol. The third-order valence-corrected chi connectivity index (χ3v) is 7.12. The van der Waals surface area contributed by atoms with E-state index >= 15 is 0 Å². The molecule has 1 atom stereocenters. The normalized spacial score (nSPS) is 15.9. The van der Waals surface area contributed by atoms with Gasteiger partial charge in [-0.2, -0.15) is 17.9 Å². The van der Waals surface area contributed by atoms with Gasteiger partial charge in [0, 0.05) is 16.5 Å². The van der Waals surface area contributed by atoms with E-state index < -0.39 is 28.0 Å². The summed E-state index contributed by atoms with van der Waals surface area (Å²) in [7, 11) is -4.28. The number of fused-ring (bicyclic) bond motifs is 2. The van der Waals surface area contributed by atoms with Crippen molar-refractivity contribution < 1.29 is 31.1 Å². The van der Waals surface area contributed by atoms with Crippen LogP contribution < -0.4 is 4.72 Å². The number of sulfonamides is 1. The van der Waals surface area contributed by atoms with E-state index in [0.29, 0.717) is 16.6 Å². The molecule has 0 radical (unpaired) electrons. The highest BCUT2D eigenvalue weighted by Gasteiger charge is 2.36. The zero-order chi connectivity index (χ0) is 23.5. The molecule has 2 aromatic heterocycles. The highest BCUT2D eigenvalue weighted by atomic mass is 32.2. The van der Waals surface area contributed by atoms with E-state index in [-0.39, 0.29) is 33.1 Å². The van der Waals surface area contributed by atoms with Crippen molar-refractivity contribution in [3.05, 3.63) is 71.1 Å². The number of alkyl halides is 3. The molecule has 33 heavy (non-hydrogen) atoms. The third-order valence-electron chi connectivity index (χ3n) is 5.68. The first-order valence-electron chi connectivity index (χ1n) is 10.2. The summed E-state index contributed by atoms with van der Waals surface area (Å²) in [4.78, 5) is 4.12. The molecule has 10 heteroatoms. The maximum absolute atomic E-state index is 13.6. The molecule has 1 aliphatic carbocycles. The minimum absolute atomic E-state index is 0.0507. The van der Waals surface area contributed by atoms with E-state index in [1.54, 1.807) is 25.1 Å². The Labute approximate surface area is 187 Å². The summed E-state index contributed by atoms with van der Waals surface area (Å²) in [6.45, 7) is 1.72. The van der Waals surface area contributed by atoms with Gasteiger partial charge in [-0.05, 0) is 61.6 Å². The van der Waals surface area contributed by atoms with Crippen LogP contribution in [0.15, 0.2) is 57.8 Å². The van der Waals surface area contributed by atoms with Crippen molar-refractivity contribution in [3.63, 3.8) is 0 Å². The average molecular weight is 476 g/mol. The van der Waals surface area contributed by atoms with Crippen molar-refractivity contribution in [1.29, 1.82) is 0 Å². The monoisotopic (exact) mass is 476 g/mol. The van der Waals surface area contributed by atoms with Crippen LogP contribution >= 0.6 is 0 Å². The standard InChI is InChI=1S/C23H19F3N2O4S/c1-12-5-6-14-3-2-4-20(21(14)27-12)33(30,31)28-22(29)19-11-16-17(23(24,25)26)9-15(13-7-8-13)10-18(16)32-19/h2-6,9-11,13,22,28-29H,7-8H2,1H3. The molecule has 0 amide bonds. The number of para-hydroxylation sites is 1. The van der Waals surface area contributed by atoms with E-state index in [0.717, 1.165) is 25.0 Å². The van der Waals surface area contributed by atoms with Crippen LogP contribution in [0.5, 0.6) is 0 Å². The number of nitrogens with one attached hydrogen (secondary N) is 1. The SMILES string of the molecule is Cc1ccc2cccc(S(=O)(=O)NC(O)c3cc4c(C(F)(F)F)cc(C5CC5)cc4o3)c2n1. The average Bonchev–Trinajstić information content (AvgIpc) is 3.49. The van der Waals surface area contributed by atoms with Gasteiger partial charge < -0.3 is 9.52 Å². The molecule has 6 nitrogen and oxygen atoms in total. The van der Waals surface area contributed by atoms with E-state index in [2.05, 4.69) is 9.71 Å². The van der Waals surface area contributed by atoms with Gasteiger partial charge in [-0.1, -0.05) is 18.2 Å². The maximum Gasteiger partial charge on any atom is 0.417 e. The lowest BCUT2D eigenvalue weighted by atomic mass is 10.0. The van der Waals surface area contributed by atoms with Gasteiger partial charge in [0.2, 0.25) is 10.0 Å². The van der Waals surface area contributed by atoms with Gasteiger partial charge in [-0.15, -0.1) is 0 Å². The summed E-state index contributed by atoms with van der Waals surface area (Å²) in [6.07, 6.45) is -4.91. The first-order valence-corrected chi connectivity index (χ1v) is 11.7. The predicted molar refractivity (Wildman–Crippen MR) is 115 cm³/mol. The van der Waals surface area contributed by atoms with Crippen LogP contribution in [0.1, 0.15) is 47.6 Å². The molecule has 172 valence electrons. The number of rotatable bonds is 5. The second-order valence-electron chi connectivity index (χ2n) is 8.21. The van der Waals surface area contributed by atoms with E-state index in [4.69, 9.17) is 4.42 Å². The van der Waals surface area contributed by atoms with Crippen LogP contribution in [0.25, 0.3) is 21.9 Å². The molecule has 4 aromatic rings. The summed E-state index contributed by atoms with van der Waals surface area (Å²) in [5.41, 5.74) is 0.412. The molecule has 0 spiro atoms. The predicted octanol–water partition coefficient (Wildman–Crippen LogP) is 5.16. The van der Waals surface area contributed by atoms with Crippen molar-refractivity contribution in [3.8, 4) is 0 Å². The third kappa shape index (κ3) is 4.09. The summed E-state index contributed by atoms with van der Waals surface area (Å²) in [5, 5.41) is 10.9. The highest BCUT2D eigenvalue weighted by Crippen LogP contribution is 2.45. The lowest BCUT2D eigenvalue weighted by Gasteiger charge is -2.12. The van der Waals surface area contributed by atoms with Crippen molar-refractivity contribution in [2.75, 3.05) is 0 Å². The smallest absolute Gasteiger partial charge is 0.417 e. The van der Waals surface area contributed by atoms with Gasteiger partial charge in [-0.25, -0.2) is 8.42 Å². The summed E-state index contributed by atoms with van der Waals surface area (Å²) in [5.74, 6) is -0.286. The van der Waals surface area contributed by atoms with Crippen LogP contribution in [0.4, 0.5) is 13.2 Å². The van der Waals surface area contributed by atoms with Gasteiger partial charge >= 0.3 is 6.18 Å². The van der Waals surface area contributed by atoms with E-state index in [9.17, 15) is 26.7 Å². The topological polar surface area (TPSA) is 92.4 Å². The molecule has 0 saturated heterocycles. The van der Waals surface area contributed by atoms with Crippen LogP contribution in [0.3, 0.4) is 0 Å². The minimum Gasteiger partial charge on any atom is -0.457 e. The molecule has 2 N–H and O–H groups in total. The van der Waals surface area contributed by atoms with Crippen LogP contribution in [0, 0.1) is 6.92 Å². The number of aromatic nitrogens is 1. The van der Waals surface area contributed by atoms with Crippen molar-refractivity contribution in [2.45, 2.75) is 43.0 Å².